The summed E-state index contributed by atoms with van der Waals surface area (Å²) in [6.45, 7) is 11.4. The predicted molar refractivity (Wildman–Crippen MR) is 68.3 cm³/mol. The molecule has 0 aliphatic heterocycles. The van der Waals surface area contributed by atoms with Gasteiger partial charge >= 0.3 is 0 Å². The Kier molecular flexibility index (Phi) is 7.88. The zero-order valence-corrected chi connectivity index (χ0v) is 11.3. The normalized spacial score (nSPS) is 11.5. The molecule has 0 radical (unpaired) electrons. The van der Waals surface area contributed by atoms with Crippen LogP contribution in [0.3, 0.4) is 0 Å². The lowest BCUT2D eigenvalue weighted by Gasteiger charge is -2.36. The third kappa shape index (κ3) is 5.42. The van der Waals surface area contributed by atoms with E-state index in [-0.39, 0.29) is 5.24 Å². The van der Waals surface area contributed by atoms with Gasteiger partial charge in [0.25, 0.3) is 5.24 Å². The average molecular weight is 233 g/mol. The van der Waals surface area contributed by atoms with E-state index in [1.165, 1.54) is 37.8 Å². The average Bonchev–Trinajstić information content (AvgIpc) is 2.27. The molecule has 0 spiro atoms. The zero-order chi connectivity index (χ0) is 11.7. The number of carbonyl (C=O) groups is 1. The Morgan fingerprint density at radius 3 is 2.20 bits per heavy atom. The van der Waals surface area contributed by atoms with Crippen LogP contribution in [0.25, 0.3) is 0 Å². The van der Waals surface area contributed by atoms with Crippen LogP contribution in [0, 0.1) is 0 Å². The predicted octanol–water partition coefficient (Wildman–Crippen LogP) is 2.33. The van der Waals surface area contributed by atoms with Crippen LogP contribution in [0.4, 0.5) is 4.79 Å². The standard InChI is InChI=1S/C11H24N2OS/c1-5-8-13(6-2,7-3)9-10-15-11(14)12-4/h5-10H2,1-4H3/p+1. The summed E-state index contributed by atoms with van der Waals surface area (Å²) in [5.41, 5.74) is 0. The molecule has 0 saturated heterocycles. The number of hydrogen-bond acceptors (Lipinski definition) is 2. The van der Waals surface area contributed by atoms with E-state index in [2.05, 4.69) is 26.1 Å². The fourth-order valence-corrected chi connectivity index (χ4v) is 2.65. The molecule has 3 nitrogen and oxygen atoms in total. The lowest BCUT2D eigenvalue weighted by Crippen LogP contribution is -2.49. The van der Waals surface area contributed by atoms with Crippen molar-refractivity contribution in [2.24, 2.45) is 0 Å². The van der Waals surface area contributed by atoms with Crippen molar-refractivity contribution in [1.29, 1.82) is 0 Å². The molecule has 0 fully saturated rings. The van der Waals surface area contributed by atoms with E-state index in [1.807, 2.05) is 0 Å². The molecule has 0 saturated carbocycles. The fourth-order valence-electron chi connectivity index (χ4n) is 1.85. The quantitative estimate of drug-likeness (QED) is 0.684. The second-order valence-corrected chi connectivity index (χ2v) is 4.87. The van der Waals surface area contributed by atoms with Gasteiger partial charge in [-0.1, -0.05) is 18.7 Å². The minimum atomic E-state index is 0.0804. The van der Waals surface area contributed by atoms with Crippen molar-refractivity contribution < 1.29 is 9.28 Å². The maximum absolute atomic E-state index is 11.1. The zero-order valence-electron chi connectivity index (χ0n) is 10.5. The number of nitrogens with zero attached hydrogens (tertiary/aromatic N) is 1. The summed E-state index contributed by atoms with van der Waals surface area (Å²) in [6.07, 6.45) is 1.21. The first-order valence-corrected chi connectivity index (χ1v) is 6.82. The SMILES string of the molecule is CCC[N+](CC)(CC)CCSC(=O)NC. The highest BCUT2D eigenvalue weighted by atomic mass is 32.2. The van der Waals surface area contributed by atoms with Crippen LogP contribution in [0.15, 0.2) is 0 Å². The van der Waals surface area contributed by atoms with Crippen LogP contribution in [0.1, 0.15) is 27.2 Å². The first-order valence-electron chi connectivity index (χ1n) is 5.83. The molecular formula is C11H25N2OS+. The van der Waals surface area contributed by atoms with Gasteiger partial charge in [0.2, 0.25) is 0 Å². The number of rotatable bonds is 7. The Morgan fingerprint density at radius 2 is 1.80 bits per heavy atom. The molecule has 0 aromatic heterocycles. The van der Waals surface area contributed by atoms with Gasteiger partial charge in [-0.05, 0) is 20.3 Å². The molecule has 0 aromatic carbocycles. The third-order valence-electron chi connectivity index (χ3n) is 3.04. The molecule has 4 heteroatoms. The monoisotopic (exact) mass is 233 g/mol. The Morgan fingerprint density at radius 1 is 1.20 bits per heavy atom. The van der Waals surface area contributed by atoms with Crippen molar-refractivity contribution in [3.05, 3.63) is 0 Å². The van der Waals surface area contributed by atoms with Gasteiger partial charge in [-0.2, -0.15) is 0 Å². The highest BCUT2D eigenvalue weighted by Gasteiger charge is 2.21. The van der Waals surface area contributed by atoms with E-state index in [9.17, 15) is 4.79 Å². The summed E-state index contributed by atoms with van der Waals surface area (Å²) in [6, 6.07) is 0. The second kappa shape index (κ2) is 7.99. The Balaban J connectivity index is 4.00. The van der Waals surface area contributed by atoms with Gasteiger partial charge in [0, 0.05) is 7.05 Å². The van der Waals surface area contributed by atoms with Crippen molar-refractivity contribution in [3.63, 3.8) is 0 Å². The van der Waals surface area contributed by atoms with Crippen LogP contribution in [-0.4, -0.2) is 48.7 Å². The first kappa shape index (κ1) is 14.8. The van der Waals surface area contributed by atoms with Crippen molar-refractivity contribution in [2.75, 3.05) is 39.0 Å². The van der Waals surface area contributed by atoms with Gasteiger partial charge < -0.3 is 9.80 Å². The minimum Gasteiger partial charge on any atom is -0.350 e. The second-order valence-electron chi connectivity index (χ2n) is 3.81. The van der Waals surface area contributed by atoms with Gasteiger partial charge in [0.05, 0.1) is 31.9 Å². The van der Waals surface area contributed by atoms with Crippen LogP contribution in [0.5, 0.6) is 0 Å². The summed E-state index contributed by atoms with van der Waals surface area (Å²) < 4.78 is 1.14. The molecule has 0 aromatic rings. The molecule has 0 heterocycles. The van der Waals surface area contributed by atoms with Gasteiger partial charge in [-0.3, -0.25) is 4.79 Å². The minimum absolute atomic E-state index is 0.0804. The number of thioether (sulfide) groups is 1. The number of carbonyl (C=O) groups excluding carboxylic acids is 1. The topological polar surface area (TPSA) is 29.1 Å². The van der Waals surface area contributed by atoms with Gasteiger partial charge in [-0.25, -0.2) is 0 Å². The van der Waals surface area contributed by atoms with Crippen molar-refractivity contribution in [3.8, 4) is 0 Å². The van der Waals surface area contributed by atoms with Crippen LogP contribution < -0.4 is 5.32 Å². The molecule has 0 unspecified atom stereocenters. The molecule has 1 N–H and O–H groups in total. The van der Waals surface area contributed by atoms with Gasteiger partial charge in [-0.15, -0.1) is 0 Å². The maximum atomic E-state index is 11.1. The molecule has 0 aliphatic carbocycles. The van der Waals surface area contributed by atoms with Crippen molar-refractivity contribution in [1.82, 2.24) is 5.32 Å². The van der Waals surface area contributed by atoms with E-state index in [0.29, 0.717) is 0 Å². The maximum Gasteiger partial charge on any atom is 0.279 e. The van der Waals surface area contributed by atoms with E-state index in [0.717, 1.165) is 16.8 Å². The number of hydrogen-bond donors (Lipinski definition) is 1. The van der Waals surface area contributed by atoms with E-state index < -0.39 is 0 Å². The lowest BCUT2D eigenvalue weighted by molar-refractivity contribution is -0.922. The molecule has 0 atom stereocenters. The number of quaternary nitrogens is 1. The van der Waals surface area contributed by atoms with Crippen molar-refractivity contribution in [2.45, 2.75) is 27.2 Å². The van der Waals surface area contributed by atoms with Gasteiger partial charge in [0.15, 0.2) is 0 Å². The van der Waals surface area contributed by atoms with Crippen LogP contribution in [0.2, 0.25) is 0 Å². The molecule has 0 rings (SSSR count). The first-order chi connectivity index (χ1) is 7.14. The van der Waals surface area contributed by atoms with Crippen molar-refractivity contribution >= 4 is 17.0 Å². The molecule has 15 heavy (non-hydrogen) atoms. The number of nitrogens with one attached hydrogen (secondary N) is 1. The highest BCUT2D eigenvalue weighted by Crippen LogP contribution is 2.11. The third-order valence-corrected chi connectivity index (χ3v) is 3.90. The largest absolute Gasteiger partial charge is 0.350 e. The lowest BCUT2D eigenvalue weighted by atomic mass is 10.3. The Bertz CT molecular complexity index is 181. The van der Waals surface area contributed by atoms with E-state index in [1.54, 1.807) is 7.05 Å². The summed E-state index contributed by atoms with van der Waals surface area (Å²) in [5.74, 6) is 0.918. The van der Waals surface area contributed by atoms with Crippen LogP contribution in [-0.2, 0) is 0 Å². The number of amides is 1. The summed E-state index contributed by atoms with van der Waals surface area (Å²) in [4.78, 5) is 11.1. The Hall–Kier alpha value is -0.220. The molecule has 1 amide bonds. The van der Waals surface area contributed by atoms with E-state index >= 15 is 0 Å². The molecular weight excluding hydrogens is 208 g/mol. The summed E-state index contributed by atoms with van der Waals surface area (Å²) in [7, 11) is 1.68. The summed E-state index contributed by atoms with van der Waals surface area (Å²) >= 11 is 1.39. The molecule has 0 aliphatic rings. The van der Waals surface area contributed by atoms with Gasteiger partial charge in [0.1, 0.15) is 0 Å². The Labute approximate surface area is 98.2 Å². The van der Waals surface area contributed by atoms with E-state index in [4.69, 9.17) is 0 Å². The van der Waals surface area contributed by atoms with Crippen LogP contribution >= 0.6 is 11.8 Å². The highest BCUT2D eigenvalue weighted by molar-refractivity contribution is 8.13. The summed E-state index contributed by atoms with van der Waals surface area (Å²) in [5, 5.41) is 2.72. The molecule has 0 bridgehead atoms. The molecule has 90 valence electrons. The smallest absolute Gasteiger partial charge is 0.279 e. The fraction of sp³-hybridized carbons (Fsp3) is 0.909.